The number of ether oxygens (including phenoxy) is 1. The summed E-state index contributed by atoms with van der Waals surface area (Å²) >= 11 is 0. The first-order chi connectivity index (χ1) is 8.69. The highest BCUT2D eigenvalue weighted by atomic mass is 16.5. The number of carbonyl (C=O) groups is 1. The van der Waals surface area contributed by atoms with Gasteiger partial charge in [0.15, 0.2) is 0 Å². The fourth-order valence-corrected chi connectivity index (χ4v) is 2.72. The molecule has 2 rings (SSSR count). The Kier molecular flexibility index (Phi) is 4.45. The van der Waals surface area contributed by atoms with Crippen LogP contribution in [0.15, 0.2) is 0 Å². The number of carbonyl (C=O) groups excluding carboxylic acids is 1. The van der Waals surface area contributed by atoms with Gasteiger partial charge in [0.05, 0.1) is 12.6 Å². The van der Waals surface area contributed by atoms with Crippen LogP contribution in [0.5, 0.6) is 0 Å². The van der Waals surface area contributed by atoms with E-state index in [1.807, 2.05) is 4.90 Å². The summed E-state index contributed by atoms with van der Waals surface area (Å²) in [5.74, 6) is 0. The van der Waals surface area contributed by atoms with Gasteiger partial charge in [0, 0.05) is 26.3 Å². The van der Waals surface area contributed by atoms with Gasteiger partial charge in [-0.15, -0.1) is 0 Å². The quantitative estimate of drug-likeness (QED) is 0.791. The number of rotatable bonds is 3. The van der Waals surface area contributed by atoms with Crippen molar-refractivity contribution in [2.75, 3.05) is 32.9 Å². The van der Waals surface area contributed by atoms with Gasteiger partial charge in [-0.2, -0.15) is 0 Å². The molecular formula is C13H24N2O3. The molecule has 0 spiro atoms. The Labute approximate surface area is 108 Å². The number of nitrogens with zero attached hydrogens (tertiary/aromatic N) is 1. The lowest BCUT2D eigenvalue weighted by molar-refractivity contribution is 0.0514. The molecule has 104 valence electrons. The maximum absolute atomic E-state index is 12.0. The van der Waals surface area contributed by atoms with E-state index in [-0.39, 0.29) is 24.1 Å². The molecule has 2 fully saturated rings. The van der Waals surface area contributed by atoms with Crippen molar-refractivity contribution in [3.8, 4) is 0 Å². The van der Waals surface area contributed by atoms with E-state index in [1.54, 1.807) is 0 Å². The highest BCUT2D eigenvalue weighted by Gasteiger charge is 2.34. The number of urea groups is 1. The summed E-state index contributed by atoms with van der Waals surface area (Å²) in [5.41, 5.74) is 0.0350. The molecule has 5 heteroatoms. The number of hydrogen-bond donors (Lipinski definition) is 2. The zero-order chi connectivity index (χ0) is 13.0. The molecule has 0 bridgehead atoms. The minimum atomic E-state index is 0.0214. The Morgan fingerprint density at radius 3 is 2.72 bits per heavy atom. The average molecular weight is 256 g/mol. The lowest BCUT2D eigenvalue weighted by Gasteiger charge is -2.40. The summed E-state index contributed by atoms with van der Waals surface area (Å²) in [6, 6.07) is 0.196. The molecule has 2 heterocycles. The van der Waals surface area contributed by atoms with E-state index < -0.39 is 0 Å². The van der Waals surface area contributed by atoms with Gasteiger partial charge < -0.3 is 20.1 Å². The van der Waals surface area contributed by atoms with Crippen molar-refractivity contribution < 1.29 is 14.6 Å². The molecular weight excluding hydrogens is 232 g/mol. The number of aliphatic hydroxyl groups is 1. The summed E-state index contributed by atoms with van der Waals surface area (Å²) in [7, 11) is 0. The highest BCUT2D eigenvalue weighted by molar-refractivity contribution is 5.74. The Balaban J connectivity index is 1.79. The molecule has 0 saturated carbocycles. The highest BCUT2D eigenvalue weighted by Crippen LogP contribution is 2.34. The summed E-state index contributed by atoms with van der Waals surface area (Å²) < 4.78 is 5.25. The van der Waals surface area contributed by atoms with Gasteiger partial charge >= 0.3 is 6.03 Å². The minimum absolute atomic E-state index is 0.0214. The summed E-state index contributed by atoms with van der Waals surface area (Å²) in [5, 5.41) is 12.5. The average Bonchev–Trinajstić information content (AvgIpc) is 2.91. The van der Waals surface area contributed by atoms with Crippen LogP contribution in [0.1, 0.15) is 32.6 Å². The molecule has 0 aromatic carbocycles. The normalized spacial score (nSPS) is 27.2. The van der Waals surface area contributed by atoms with Crippen LogP contribution < -0.4 is 5.32 Å². The third-order valence-electron chi connectivity index (χ3n) is 4.45. The van der Waals surface area contributed by atoms with Crippen LogP contribution in [0.3, 0.4) is 0 Å². The van der Waals surface area contributed by atoms with Crippen LogP contribution in [0.2, 0.25) is 0 Å². The Morgan fingerprint density at radius 2 is 2.22 bits per heavy atom. The predicted octanol–water partition coefficient (Wildman–Crippen LogP) is 0.969. The van der Waals surface area contributed by atoms with E-state index in [0.29, 0.717) is 6.61 Å². The number of piperidine rings is 1. The third kappa shape index (κ3) is 2.95. The molecule has 0 aliphatic carbocycles. The van der Waals surface area contributed by atoms with Gasteiger partial charge in [0.1, 0.15) is 0 Å². The summed E-state index contributed by atoms with van der Waals surface area (Å²) in [4.78, 5) is 13.9. The zero-order valence-electron chi connectivity index (χ0n) is 11.2. The molecule has 2 aliphatic rings. The van der Waals surface area contributed by atoms with Crippen molar-refractivity contribution in [2.24, 2.45) is 5.41 Å². The first kappa shape index (κ1) is 13.6. The van der Waals surface area contributed by atoms with Crippen molar-refractivity contribution in [1.82, 2.24) is 10.2 Å². The largest absolute Gasteiger partial charge is 0.396 e. The van der Waals surface area contributed by atoms with E-state index in [9.17, 15) is 9.90 Å². The van der Waals surface area contributed by atoms with Crippen molar-refractivity contribution in [3.63, 3.8) is 0 Å². The van der Waals surface area contributed by atoms with Crippen molar-refractivity contribution in [1.29, 1.82) is 0 Å². The van der Waals surface area contributed by atoms with Crippen LogP contribution in [-0.4, -0.2) is 55.0 Å². The third-order valence-corrected chi connectivity index (χ3v) is 4.45. The number of hydrogen-bond acceptors (Lipinski definition) is 3. The van der Waals surface area contributed by atoms with E-state index in [2.05, 4.69) is 12.2 Å². The number of aliphatic hydroxyl groups excluding tert-OH is 1. The first-order valence-corrected chi connectivity index (χ1v) is 6.93. The first-order valence-electron chi connectivity index (χ1n) is 6.93. The fraction of sp³-hybridized carbons (Fsp3) is 0.923. The molecule has 5 nitrogen and oxygen atoms in total. The van der Waals surface area contributed by atoms with E-state index in [0.717, 1.165) is 45.4 Å². The zero-order valence-corrected chi connectivity index (χ0v) is 11.2. The van der Waals surface area contributed by atoms with Gasteiger partial charge in [-0.1, -0.05) is 6.92 Å². The molecule has 18 heavy (non-hydrogen) atoms. The fourth-order valence-electron chi connectivity index (χ4n) is 2.72. The van der Waals surface area contributed by atoms with Crippen molar-refractivity contribution in [2.45, 2.75) is 38.6 Å². The van der Waals surface area contributed by atoms with Gasteiger partial charge in [0.2, 0.25) is 0 Å². The molecule has 0 aromatic heterocycles. The number of nitrogens with one attached hydrogen (secondary N) is 1. The topological polar surface area (TPSA) is 61.8 Å². The summed E-state index contributed by atoms with van der Waals surface area (Å²) in [6.07, 6.45) is 3.69. The number of amides is 2. The number of likely N-dealkylation sites (tertiary alicyclic amines) is 1. The van der Waals surface area contributed by atoms with Crippen LogP contribution in [0, 0.1) is 5.41 Å². The van der Waals surface area contributed by atoms with Crippen molar-refractivity contribution >= 4 is 6.03 Å². The molecule has 1 unspecified atom stereocenters. The lowest BCUT2D eigenvalue weighted by Crippen LogP contribution is -2.50. The van der Waals surface area contributed by atoms with Crippen LogP contribution in [-0.2, 0) is 4.74 Å². The van der Waals surface area contributed by atoms with Gasteiger partial charge in [0.25, 0.3) is 0 Å². The molecule has 2 aliphatic heterocycles. The molecule has 2 N–H and O–H groups in total. The smallest absolute Gasteiger partial charge is 0.317 e. The Hall–Kier alpha value is -0.810. The second-order valence-electron chi connectivity index (χ2n) is 5.51. The Bertz CT molecular complexity index is 276. The standard InChI is InChI=1S/C13H24N2O3/c1-2-13(10-16)4-6-15(7-5-13)12(17)14-11-3-8-18-9-11/h11,16H,2-10H2,1H3,(H,14,17). The van der Waals surface area contributed by atoms with E-state index in [1.165, 1.54) is 0 Å². The van der Waals surface area contributed by atoms with Crippen LogP contribution >= 0.6 is 0 Å². The SMILES string of the molecule is CCC1(CO)CCN(C(=O)NC2CCOC2)CC1. The molecule has 0 radical (unpaired) electrons. The maximum Gasteiger partial charge on any atom is 0.317 e. The second kappa shape index (κ2) is 5.89. The molecule has 0 aromatic rings. The monoisotopic (exact) mass is 256 g/mol. The predicted molar refractivity (Wildman–Crippen MR) is 68.4 cm³/mol. The van der Waals surface area contributed by atoms with Gasteiger partial charge in [-0.05, 0) is 31.1 Å². The molecule has 2 amide bonds. The van der Waals surface area contributed by atoms with Crippen LogP contribution in [0.4, 0.5) is 4.79 Å². The maximum atomic E-state index is 12.0. The van der Waals surface area contributed by atoms with Gasteiger partial charge in [-0.25, -0.2) is 4.79 Å². The minimum Gasteiger partial charge on any atom is -0.396 e. The molecule has 1 atom stereocenters. The van der Waals surface area contributed by atoms with Crippen molar-refractivity contribution in [3.05, 3.63) is 0 Å². The van der Waals surface area contributed by atoms with Crippen LogP contribution in [0.25, 0.3) is 0 Å². The van der Waals surface area contributed by atoms with E-state index >= 15 is 0 Å². The summed E-state index contributed by atoms with van der Waals surface area (Å²) in [6.45, 7) is 5.21. The van der Waals surface area contributed by atoms with E-state index in [4.69, 9.17) is 4.74 Å². The van der Waals surface area contributed by atoms with Gasteiger partial charge in [-0.3, -0.25) is 0 Å². The lowest BCUT2D eigenvalue weighted by atomic mass is 9.77. The second-order valence-corrected chi connectivity index (χ2v) is 5.51. The molecule has 2 saturated heterocycles. The Morgan fingerprint density at radius 1 is 1.50 bits per heavy atom.